The summed E-state index contributed by atoms with van der Waals surface area (Å²) >= 11 is 0. The van der Waals surface area contributed by atoms with Crippen LogP contribution in [0.25, 0.3) is 0 Å². The van der Waals surface area contributed by atoms with Crippen LogP contribution in [-0.4, -0.2) is 25.9 Å². The quantitative estimate of drug-likeness (QED) is 0.855. The second-order valence-corrected chi connectivity index (χ2v) is 5.73. The Balaban J connectivity index is 2.02. The van der Waals surface area contributed by atoms with Crippen LogP contribution in [0.15, 0.2) is 18.2 Å². The topological polar surface area (TPSA) is 30.5 Å². The Morgan fingerprint density at radius 3 is 2.84 bits per heavy atom. The highest BCUT2D eigenvalue weighted by molar-refractivity contribution is 5.40. The molecule has 0 saturated heterocycles. The van der Waals surface area contributed by atoms with Gasteiger partial charge in [-0.2, -0.15) is 0 Å². The maximum absolute atomic E-state index is 5.73. The van der Waals surface area contributed by atoms with E-state index in [0.29, 0.717) is 6.04 Å². The molecule has 0 fully saturated rings. The molecule has 1 N–H and O–H groups in total. The van der Waals surface area contributed by atoms with Crippen LogP contribution in [0.2, 0.25) is 0 Å². The Labute approximate surface area is 116 Å². The van der Waals surface area contributed by atoms with Gasteiger partial charge in [-0.05, 0) is 56.9 Å². The van der Waals surface area contributed by atoms with Crippen LogP contribution in [0.1, 0.15) is 44.4 Å². The zero-order valence-electron chi connectivity index (χ0n) is 12.5. The van der Waals surface area contributed by atoms with Crippen LogP contribution in [0.4, 0.5) is 0 Å². The van der Waals surface area contributed by atoms with Crippen LogP contribution >= 0.6 is 0 Å². The lowest BCUT2D eigenvalue weighted by molar-refractivity contribution is -0.0106. The molecule has 2 rings (SSSR count). The predicted molar refractivity (Wildman–Crippen MR) is 77.8 cm³/mol. The molecule has 0 heterocycles. The molecule has 0 radical (unpaired) electrons. The summed E-state index contributed by atoms with van der Waals surface area (Å²) in [7, 11) is 1.72. The van der Waals surface area contributed by atoms with Crippen molar-refractivity contribution in [3.63, 3.8) is 0 Å². The van der Waals surface area contributed by atoms with Crippen molar-refractivity contribution >= 4 is 0 Å². The Bertz CT molecular complexity index is 429. The van der Waals surface area contributed by atoms with Gasteiger partial charge >= 0.3 is 0 Å². The molecule has 0 amide bonds. The highest BCUT2D eigenvalue weighted by Gasteiger charge is 2.25. The fourth-order valence-corrected chi connectivity index (χ4v) is 2.73. The average molecular weight is 263 g/mol. The maximum Gasteiger partial charge on any atom is 0.119 e. The smallest absolute Gasteiger partial charge is 0.119 e. The molecule has 1 unspecified atom stereocenters. The van der Waals surface area contributed by atoms with Gasteiger partial charge in [0, 0.05) is 19.2 Å². The van der Waals surface area contributed by atoms with E-state index in [2.05, 4.69) is 31.3 Å². The van der Waals surface area contributed by atoms with Gasteiger partial charge in [0.25, 0.3) is 0 Å². The first-order valence-electron chi connectivity index (χ1n) is 7.10. The van der Waals surface area contributed by atoms with Gasteiger partial charge in [-0.1, -0.05) is 6.07 Å². The van der Waals surface area contributed by atoms with Crippen molar-refractivity contribution in [1.82, 2.24) is 5.32 Å². The molecular weight excluding hydrogens is 238 g/mol. The first-order valence-corrected chi connectivity index (χ1v) is 7.10. The zero-order valence-corrected chi connectivity index (χ0v) is 12.5. The van der Waals surface area contributed by atoms with Crippen LogP contribution in [0.3, 0.4) is 0 Å². The summed E-state index contributed by atoms with van der Waals surface area (Å²) in [6, 6.07) is 6.81. The molecule has 1 aromatic carbocycles. The highest BCUT2D eigenvalue weighted by atomic mass is 16.5. The zero-order chi connectivity index (χ0) is 13.9. The van der Waals surface area contributed by atoms with Crippen LogP contribution in [0.5, 0.6) is 5.75 Å². The lowest BCUT2D eigenvalue weighted by Gasteiger charge is -2.27. The van der Waals surface area contributed by atoms with Gasteiger partial charge in [0.1, 0.15) is 5.75 Å². The molecule has 3 heteroatoms. The number of fused-ring (bicyclic) bond motifs is 1. The maximum atomic E-state index is 5.73. The van der Waals surface area contributed by atoms with Gasteiger partial charge < -0.3 is 14.8 Å². The third-order valence-electron chi connectivity index (χ3n) is 3.74. The largest absolute Gasteiger partial charge is 0.497 e. The second kappa shape index (κ2) is 5.93. The minimum Gasteiger partial charge on any atom is -0.497 e. The van der Waals surface area contributed by atoms with E-state index in [1.54, 1.807) is 7.11 Å². The molecule has 3 nitrogen and oxygen atoms in total. The summed E-state index contributed by atoms with van der Waals surface area (Å²) in [4.78, 5) is 0. The Hall–Kier alpha value is -1.06. The first kappa shape index (κ1) is 14.4. The summed E-state index contributed by atoms with van der Waals surface area (Å²) in [5.41, 5.74) is 2.70. The molecule has 1 atom stereocenters. The molecule has 0 spiro atoms. The summed E-state index contributed by atoms with van der Waals surface area (Å²) in [5.74, 6) is 0.941. The molecule has 0 aliphatic heterocycles. The second-order valence-electron chi connectivity index (χ2n) is 5.73. The van der Waals surface area contributed by atoms with Gasteiger partial charge in [-0.3, -0.25) is 0 Å². The molecule has 106 valence electrons. The Kier molecular flexibility index (Phi) is 4.48. The number of rotatable bonds is 6. The number of hydrogen-bond acceptors (Lipinski definition) is 3. The van der Waals surface area contributed by atoms with Gasteiger partial charge in [-0.15, -0.1) is 0 Å². The molecule has 0 aromatic heterocycles. The van der Waals surface area contributed by atoms with E-state index >= 15 is 0 Å². The van der Waals surface area contributed by atoms with Crippen molar-refractivity contribution in [2.45, 2.75) is 45.3 Å². The van der Waals surface area contributed by atoms with Crippen molar-refractivity contribution < 1.29 is 9.47 Å². The van der Waals surface area contributed by atoms with Gasteiger partial charge in [0.05, 0.1) is 12.7 Å². The number of hydrogen-bond donors (Lipinski definition) is 1. The molecule has 0 bridgehead atoms. The van der Waals surface area contributed by atoms with E-state index in [1.165, 1.54) is 11.1 Å². The lowest BCUT2D eigenvalue weighted by atomic mass is 10.1. The standard InChI is InChI=1S/C16H25NO2/c1-5-19-16(2,3)11-17-15-9-7-12-6-8-13(18-4)10-14(12)15/h6,8,10,15,17H,5,7,9,11H2,1-4H3. The molecule has 1 aromatic rings. The third kappa shape index (κ3) is 3.48. The van der Waals surface area contributed by atoms with E-state index in [-0.39, 0.29) is 5.60 Å². The van der Waals surface area contributed by atoms with Crippen molar-refractivity contribution in [2.24, 2.45) is 0 Å². The van der Waals surface area contributed by atoms with E-state index in [4.69, 9.17) is 9.47 Å². The van der Waals surface area contributed by atoms with Crippen LogP contribution < -0.4 is 10.1 Å². The minimum atomic E-state index is -0.115. The van der Waals surface area contributed by atoms with Gasteiger partial charge in [-0.25, -0.2) is 0 Å². The fraction of sp³-hybridized carbons (Fsp3) is 0.625. The summed E-state index contributed by atoms with van der Waals surface area (Å²) in [6.07, 6.45) is 2.30. The molecule has 19 heavy (non-hydrogen) atoms. The van der Waals surface area contributed by atoms with Crippen molar-refractivity contribution in [3.8, 4) is 5.75 Å². The van der Waals surface area contributed by atoms with E-state index in [0.717, 1.165) is 31.7 Å². The van der Waals surface area contributed by atoms with E-state index in [1.807, 2.05) is 13.0 Å². The average Bonchev–Trinajstić information content (AvgIpc) is 2.78. The van der Waals surface area contributed by atoms with E-state index in [9.17, 15) is 0 Å². The van der Waals surface area contributed by atoms with Gasteiger partial charge in [0.15, 0.2) is 0 Å². The molecular formula is C16H25NO2. The summed E-state index contributed by atoms with van der Waals surface area (Å²) < 4.78 is 11.1. The molecule has 1 aliphatic rings. The number of benzene rings is 1. The number of ether oxygens (including phenoxy) is 2. The van der Waals surface area contributed by atoms with Crippen molar-refractivity contribution in [1.29, 1.82) is 0 Å². The lowest BCUT2D eigenvalue weighted by Crippen LogP contribution is -2.38. The Morgan fingerprint density at radius 1 is 1.37 bits per heavy atom. The fourth-order valence-electron chi connectivity index (χ4n) is 2.73. The Morgan fingerprint density at radius 2 is 2.16 bits per heavy atom. The molecule has 1 aliphatic carbocycles. The first-order chi connectivity index (χ1) is 9.05. The van der Waals surface area contributed by atoms with Crippen molar-refractivity contribution in [2.75, 3.05) is 20.3 Å². The predicted octanol–water partition coefficient (Wildman–Crippen LogP) is 3.09. The highest BCUT2D eigenvalue weighted by Crippen LogP contribution is 2.33. The minimum absolute atomic E-state index is 0.115. The van der Waals surface area contributed by atoms with Gasteiger partial charge in [0.2, 0.25) is 0 Å². The van der Waals surface area contributed by atoms with Crippen LogP contribution in [-0.2, 0) is 11.2 Å². The summed E-state index contributed by atoms with van der Waals surface area (Å²) in [5, 5.41) is 3.63. The SMILES string of the molecule is CCOC(C)(C)CNC1CCc2ccc(OC)cc21. The monoisotopic (exact) mass is 263 g/mol. The summed E-state index contributed by atoms with van der Waals surface area (Å²) in [6.45, 7) is 7.92. The number of nitrogens with one attached hydrogen (secondary N) is 1. The van der Waals surface area contributed by atoms with E-state index < -0.39 is 0 Å². The van der Waals surface area contributed by atoms with Crippen molar-refractivity contribution in [3.05, 3.63) is 29.3 Å². The normalized spacial score (nSPS) is 18.4. The molecule has 0 saturated carbocycles. The third-order valence-corrected chi connectivity index (χ3v) is 3.74. The van der Waals surface area contributed by atoms with Crippen LogP contribution in [0, 0.1) is 0 Å². The number of aryl methyl sites for hydroxylation is 1. The number of methoxy groups -OCH3 is 1.